The Morgan fingerprint density at radius 2 is 1.78 bits per heavy atom. The Hall–Kier alpha value is -3.44. The summed E-state index contributed by atoms with van der Waals surface area (Å²) in [5.74, 6) is 0.550. The summed E-state index contributed by atoms with van der Waals surface area (Å²) in [6.07, 6.45) is 3.68. The van der Waals surface area contributed by atoms with E-state index in [1.54, 1.807) is 23.8 Å². The van der Waals surface area contributed by atoms with Crippen LogP contribution < -0.4 is 10.2 Å². The predicted molar refractivity (Wildman–Crippen MR) is 105 cm³/mol. The lowest BCUT2D eigenvalue weighted by Crippen LogP contribution is -2.71. The van der Waals surface area contributed by atoms with Gasteiger partial charge in [0.25, 0.3) is 0 Å². The highest BCUT2D eigenvalue weighted by Gasteiger charge is 2.09. The third-order valence-electron chi connectivity index (χ3n) is 4.24. The number of fused-ring (bicyclic) bond motifs is 1. The van der Waals surface area contributed by atoms with E-state index in [1.807, 2.05) is 54.7 Å². The Kier molecular flexibility index (Phi) is 4.94. The molecule has 4 rings (SSSR count). The quantitative estimate of drug-likeness (QED) is 0.231. The molecule has 5 heteroatoms. The van der Waals surface area contributed by atoms with E-state index >= 15 is 0 Å². The number of hydrogen-bond acceptors (Lipinski definition) is 2. The molecule has 0 atom stereocenters. The van der Waals surface area contributed by atoms with Gasteiger partial charge in [-0.05, 0) is 29.8 Å². The van der Waals surface area contributed by atoms with Gasteiger partial charge in [0.05, 0.1) is 11.6 Å². The van der Waals surface area contributed by atoms with Crippen LogP contribution in [-0.4, -0.2) is 11.2 Å². The molecule has 0 saturated heterocycles. The van der Waals surface area contributed by atoms with E-state index in [4.69, 9.17) is 4.74 Å². The van der Waals surface area contributed by atoms with Crippen LogP contribution in [0.3, 0.4) is 0 Å². The van der Waals surface area contributed by atoms with Gasteiger partial charge in [-0.2, -0.15) is 5.43 Å². The highest BCUT2D eigenvalue weighted by atomic mass is 19.1. The van der Waals surface area contributed by atoms with Crippen LogP contribution in [0.25, 0.3) is 10.9 Å². The third kappa shape index (κ3) is 4.04. The van der Waals surface area contributed by atoms with E-state index < -0.39 is 0 Å². The standard InChI is InChI=1S/C22H18FN3O/c23-18-9-11-19(12-10-18)26-25-14-17-13-24-20-7-4-8-21(22(17)20)27-15-16-5-2-1-3-6-16/h1-14,24,26H,15H2/p+1/b25-14+. The van der Waals surface area contributed by atoms with E-state index in [9.17, 15) is 4.39 Å². The van der Waals surface area contributed by atoms with E-state index in [-0.39, 0.29) is 5.82 Å². The lowest BCUT2D eigenvalue weighted by molar-refractivity contribution is -0.577. The minimum atomic E-state index is -0.257. The Labute approximate surface area is 156 Å². The molecule has 0 unspecified atom stereocenters. The summed E-state index contributed by atoms with van der Waals surface area (Å²) in [5, 5.41) is 5.37. The number of aromatic amines is 1. The molecule has 0 spiro atoms. The van der Waals surface area contributed by atoms with Crippen molar-refractivity contribution in [2.45, 2.75) is 6.61 Å². The first-order valence-electron chi connectivity index (χ1n) is 8.68. The normalized spacial score (nSPS) is 11.3. The number of nitrogens with two attached hydrogens (primary N) is 1. The summed E-state index contributed by atoms with van der Waals surface area (Å²) in [5.41, 5.74) is 5.58. The Morgan fingerprint density at radius 3 is 2.59 bits per heavy atom. The summed E-state index contributed by atoms with van der Waals surface area (Å²) in [4.78, 5) is 3.25. The topological polar surface area (TPSA) is 54.0 Å². The maximum atomic E-state index is 13.0. The lowest BCUT2D eigenvalue weighted by Gasteiger charge is -2.08. The van der Waals surface area contributed by atoms with E-state index in [0.29, 0.717) is 6.61 Å². The van der Waals surface area contributed by atoms with Crippen LogP contribution in [0.15, 0.2) is 84.1 Å². The van der Waals surface area contributed by atoms with Gasteiger partial charge in [-0.25, -0.2) is 4.39 Å². The molecular formula is C22H19FN3O+. The van der Waals surface area contributed by atoms with Crippen LogP contribution in [0.4, 0.5) is 10.1 Å². The van der Waals surface area contributed by atoms with Gasteiger partial charge in [-0.15, -0.1) is 0 Å². The van der Waals surface area contributed by atoms with Crippen molar-refractivity contribution >= 4 is 22.8 Å². The molecule has 134 valence electrons. The first kappa shape index (κ1) is 17.0. The maximum Gasteiger partial charge on any atom is 0.156 e. The lowest BCUT2D eigenvalue weighted by atomic mass is 10.1. The highest BCUT2D eigenvalue weighted by molar-refractivity contribution is 6.02. The number of nitrogens with one attached hydrogen (secondary N) is 1. The fourth-order valence-corrected chi connectivity index (χ4v) is 2.89. The van der Waals surface area contributed by atoms with Gasteiger partial charge >= 0.3 is 0 Å². The first-order chi connectivity index (χ1) is 13.3. The molecule has 1 heterocycles. The van der Waals surface area contributed by atoms with Crippen molar-refractivity contribution < 1.29 is 14.6 Å². The van der Waals surface area contributed by atoms with Crippen LogP contribution in [0, 0.1) is 5.82 Å². The second kappa shape index (κ2) is 7.85. The minimum absolute atomic E-state index is 0.257. The van der Waals surface area contributed by atoms with Crippen LogP contribution in [0.5, 0.6) is 5.75 Å². The van der Waals surface area contributed by atoms with E-state index in [0.717, 1.165) is 33.5 Å². The summed E-state index contributed by atoms with van der Waals surface area (Å²) < 4.78 is 19.0. The molecule has 4 aromatic rings. The number of nitrogens with zero attached hydrogens (tertiary/aromatic N) is 1. The first-order valence-corrected chi connectivity index (χ1v) is 8.68. The summed E-state index contributed by atoms with van der Waals surface area (Å²) in [6.45, 7) is 0.503. The van der Waals surface area contributed by atoms with Crippen molar-refractivity contribution in [2.24, 2.45) is 5.10 Å². The number of rotatable bonds is 6. The molecule has 0 aliphatic carbocycles. The molecule has 0 saturated carbocycles. The Balaban J connectivity index is 1.54. The number of aromatic nitrogens is 1. The van der Waals surface area contributed by atoms with Gasteiger partial charge in [-0.3, -0.25) is 0 Å². The zero-order chi connectivity index (χ0) is 18.5. The number of ether oxygens (including phenoxy) is 1. The van der Waals surface area contributed by atoms with E-state index in [2.05, 4.69) is 10.1 Å². The molecule has 0 fully saturated rings. The second-order valence-electron chi connectivity index (χ2n) is 6.16. The fourth-order valence-electron chi connectivity index (χ4n) is 2.89. The molecule has 0 amide bonds. The van der Waals surface area contributed by atoms with Crippen LogP contribution in [0.1, 0.15) is 11.1 Å². The van der Waals surface area contributed by atoms with Crippen molar-refractivity contribution in [3.05, 3.63) is 95.9 Å². The summed E-state index contributed by atoms with van der Waals surface area (Å²) >= 11 is 0. The molecule has 0 bridgehead atoms. The van der Waals surface area contributed by atoms with Gasteiger partial charge in [-0.1, -0.05) is 41.5 Å². The molecule has 27 heavy (non-hydrogen) atoms. The van der Waals surface area contributed by atoms with Gasteiger partial charge in [0, 0.05) is 29.4 Å². The van der Waals surface area contributed by atoms with Crippen molar-refractivity contribution in [1.29, 1.82) is 0 Å². The number of benzene rings is 3. The maximum absolute atomic E-state index is 13.0. The number of halogens is 1. The summed E-state index contributed by atoms with van der Waals surface area (Å²) in [6, 6.07) is 22.2. The summed E-state index contributed by atoms with van der Waals surface area (Å²) in [7, 11) is 0. The molecular weight excluding hydrogens is 341 g/mol. The van der Waals surface area contributed by atoms with Crippen molar-refractivity contribution in [3.8, 4) is 5.75 Å². The van der Waals surface area contributed by atoms with Gasteiger partial charge in [0.15, 0.2) is 5.69 Å². The van der Waals surface area contributed by atoms with Gasteiger partial charge in [0.1, 0.15) is 18.2 Å². The molecule has 0 aliphatic heterocycles. The van der Waals surface area contributed by atoms with Gasteiger partial charge < -0.3 is 9.72 Å². The number of quaternary nitrogens is 1. The minimum Gasteiger partial charge on any atom is -0.488 e. The van der Waals surface area contributed by atoms with Crippen molar-refractivity contribution in [3.63, 3.8) is 0 Å². The Morgan fingerprint density at radius 1 is 0.963 bits per heavy atom. The molecule has 0 aliphatic rings. The van der Waals surface area contributed by atoms with Crippen LogP contribution in [-0.2, 0) is 6.61 Å². The fraction of sp³-hybridized carbons (Fsp3) is 0.0455. The second-order valence-corrected chi connectivity index (χ2v) is 6.16. The van der Waals surface area contributed by atoms with Crippen molar-refractivity contribution in [2.75, 3.05) is 0 Å². The smallest absolute Gasteiger partial charge is 0.156 e. The third-order valence-corrected chi connectivity index (χ3v) is 4.24. The van der Waals surface area contributed by atoms with Crippen LogP contribution in [0.2, 0.25) is 0 Å². The number of hydrogen-bond donors (Lipinski definition) is 2. The van der Waals surface area contributed by atoms with E-state index in [1.165, 1.54) is 12.1 Å². The molecule has 1 aromatic heterocycles. The molecule has 3 N–H and O–H groups in total. The molecule has 0 radical (unpaired) electrons. The van der Waals surface area contributed by atoms with Crippen LogP contribution >= 0.6 is 0 Å². The highest BCUT2D eigenvalue weighted by Crippen LogP contribution is 2.28. The monoisotopic (exact) mass is 360 g/mol. The van der Waals surface area contributed by atoms with Gasteiger partial charge in [0.2, 0.25) is 0 Å². The molecule has 4 nitrogen and oxygen atoms in total. The Bertz CT molecular complexity index is 1060. The SMILES string of the molecule is Fc1ccc([NH2+]/N=C/c2c[nH]c3cccc(OCc4ccccc4)c23)cc1. The predicted octanol–water partition coefficient (Wildman–Crippen LogP) is 4.12. The largest absolute Gasteiger partial charge is 0.488 e. The molecule has 3 aromatic carbocycles. The average molecular weight is 360 g/mol. The average Bonchev–Trinajstić information content (AvgIpc) is 3.12. The number of H-pyrrole nitrogens is 1. The zero-order valence-corrected chi connectivity index (χ0v) is 14.6. The zero-order valence-electron chi connectivity index (χ0n) is 14.6. The van der Waals surface area contributed by atoms with Crippen molar-refractivity contribution in [1.82, 2.24) is 4.98 Å².